The van der Waals surface area contributed by atoms with Crippen LogP contribution in [0.5, 0.6) is 0 Å². The summed E-state index contributed by atoms with van der Waals surface area (Å²) in [6.45, 7) is 1.65. The highest BCUT2D eigenvalue weighted by molar-refractivity contribution is 7.93. The van der Waals surface area contributed by atoms with Crippen LogP contribution in [0.25, 0.3) is 0 Å². The molecule has 0 N–H and O–H groups in total. The molecule has 0 fully saturated rings. The number of esters is 1. The van der Waals surface area contributed by atoms with Crippen LogP contribution < -0.4 is 4.31 Å². The Morgan fingerprint density at radius 2 is 2.13 bits per heavy atom. The van der Waals surface area contributed by atoms with Crippen molar-refractivity contribution in [1.82, 2.24) is 9.78 Å². The first-order chi connectivity index (χ1) is 10.8. The smallest absolute Gasteiger partial charge is 0.339 e. The summed E-state index contributed by atoms with van der Waals surface area (Å²) in [5, 5.41) is 3.91. The average Bonchev–Trinajstić information content (AvgIpc) is 2.92. The lowest BCUT2D eigenvalue weighted by molar-refractivity contribution is 0.0595. The molecule has 0 bridgehead atoms. The number of anilines is 1. The third kappa shape index (κ3) is 3.04. The fourth-order valence-corrected chi connectivity index (χ4v) is 3.86. The van der Waals surface area contributed by atoms with Gasteiger partial charge in [0.2, 0.25) is 0 Å². The average molecular weight is 341 g/mol. The van der Waals surface area contributed by atoms with Crippen molar-refractivity contribution in [3.8, 4) is 0 Å². The SMILES string of the molecule is CCN(c1cnn(C)c1)S(=O)(=O)c1c(F)cccc1C(=O)OC. The minimum Gasteiger partial charge on any atom is -0.465 e. The Balaban J connectivity index is 2.66. The van der Waals surface area contributed by atoms with Gasteiger partial charge in [-0.3, -0.25) is 8.99 Å². The molecule has 0 atom stereocenters. The van der Waals surface area contributed by atoms with Crippen LogP contribution in [0.15, 0.2) is 35.5 Å². The van der Waals surface area contributed by atoms with Crippen LogP contribution in [0.2, 0.25) is 0 Å². The Labute approximate surface area is 133 Å². The third-order valence-corrected chi connectivity index (χ3v) is 5.17. The van der Waals surface area contributed by atoms with Crippen molar-refractivity contribution in [2.75, 3.05) is 18.0 Å². The van der Waals surface area contributed by atoms with Crippen LogP contribution in [0.1, 0.15) is 17.3 Å². The van der Waals surface area contributed by atoms with Gasteiger partial charge in [0.15, 0.2) is 0 Å². The van der Waals surface area contributed by atoms with Crippen LogP contribution in [-0.2, 0) is 21.8 Å². The highest BCUT2D eigenvalue weighted by atomic mass is 32.2. The maximum Gasteiger partial charge on any atom is 0.339 e. The lowest BCUT2D eigenvalue weighted by Crippen LogP contribution is -2.32. The summed E-state index contributed by atoms with van der Waals surface area (Å²) < 4.78 is 46.9. The van der Waals surface area contributed by atoms with Gasteiger partial charge >= 0.3 is 5.97 Å². The zero-order valence-electron chi connectivity index (χ0n) is 12.9. The van der Waals surface area contributed by atoms with Gasteiger partial charge in [0.25, 0.3) is 10.0 Å². The molecular formula is C14H16FN3O4S. The van der Waals surface area contributed by atoms with E-state index in [4.69, 9.17) is 0 Å². The molecule has 124 valence electrons. The summed E-state index contributed by atoms with van der Waals surface area (Å²) in [5.74, 6) is -1.94. The topological polar surface area (TPSA) is 81.5 Å². The first-order valence-electron chi connectivity index (χ1n) is 6.71. The van der Waals surface area contributed by atoms with E-state index in [1.807, 2.05) is 0 Å². The minimum atomic E-state index is -4.30. The number of ether oxygens (including phenoxy) is 1. The quantitative estimate of drug-likeness (QED) is 0.771. The minimum absolute atomic E-state index is 0.0446. The number of aromatic nitrogens is 2. The van der Waals surface area contributed by atoms with Gasteiger partial charge in [-0.2, -0.15) is 5.10 Å². The first-order valence-corrected chi connectivity index (χ1v) is 8.15. The summed E-state index contributed by atoms with van der Waals surface area (Å²) in [7, 11) is -1.57. The van der Waals surface area contributed by atoms with Crippen LogP contribution in [0.3, 0.4) is 0 Å². The molecule has 7 nitrogen and oxygen atoms in total. The van der Waals surface area contributed by atoms with E-state index in [1.165, 1.54) is 29.2 Å². The third-order valence-electron chi connectivity index (χ3n) is 3.19. The van der Waals surface area contributed by atoms with E-state index in [0.717, 1.165) is 17.5 Å². The normalized spacial score (nSPS) is 11.3. The Bertz CT molecular complexity index is 832. The molecule has 2 rings (SSSR count). The Kier molecular flexibility index (Phi) is 4.69. The molecular weight excluding hydrogens is 325 g/mol. The predicted molar refractivity (Wildman–Crippen MR) is 81.2 cm³/mol. The molecule has 0 aliphatic carbocycles. The van der Waals surface area contributed by atoms with E-state index in [2.05, 4.69) is 9.84 Å². The summed E-state index contributed by atoms with van der Waals surface area (Å²) in [5.41, 5.74) is -0.0797. The Morgan fingerprint density at radius 1 is 1.43 bits per heavy atom. The number of rotatable bonds is 5. The molecule has 0 amide bonds. The number of hydrogen-bond donors (Lipinski definition) is 0. The van der Waals surface area contributed by atoms with Gasteiger partial charge in [0.1, 0.15) is 10.7 Å². The number of aryl methyl sites for hydroxylation is 1. The second kappa shape index (κ2) is 6.37. The molecule has 0 aliphatic heterocycles. The number of benzene rings is 1. The second-order valence-corrected chi connectivity index (χ2v) is 6.45. The summed E-state index contributed by atoms with van der Waals surface area (Å²) >= 11 is 0. The number of hydrogen-bond acceptors (Lipinski definition) is 5. The lowest BCUT2D eigenvalue weighted by atomic mass is 10.2. The molecule has 1 aromatic carbocycles. The van der Waals surface area contributed by atoms with E-state index in [0.29, 0.717) is 0 Å². The number of halogens is 1. The Morgan fingerprint density at radius 3 is 2.65 bits per heavy atom. The molecule has 1 heterocycles. The zero-order chi connectivity index (χ0) is 17.2. The van der Waals surface area contributed by atoms with Gasteiger partial charge < -0.3 is 4.74 Å². The molecule has 0 spiro atoms. The fourth-order valence-electron chi connectivity index (χ4n) is 2.18. The number of carbonyl (C=O) groups excluding carboxylic acids is 1. The molecule has 0 radical (unpaired) electrons. The summed E-state index contributed by atoms with van der Waals surface area (Å²) in [6, 6.07) is 3.44. The first kappa shape index (κ1) is 16.9. The van der Waals surface area contributed by atoms with Crippen molar-refractivity contribution in [2.45, 2.75) is 11.8 Å². The second-order valence-electron chi connectivity index (χ2n) is 4.65. The number of methoxy groups -OCH3 is 1. The van der Waals surface area contributed by atoms with Gasteiger partial charge in [-0.25, -0.2) is 17.6 Å². The van der Waals surface area contributed by atoms with Crippen molar-refractivity contribution in [1.29, 1.82) is 0 Å². The van der Waals surface area contributed by atoms with Crippen molar-refractivity contribution in [3.63, 3.8) is 0 Å². The van der Waals surface area contributed by atoms with Gasteiger partial charge in [0.05, 0.1) is 24.6 Å². The van der Waals surface area contributed by atoms with Gasteiger partial charge in [-0.15, -0.1) is 0 Å². The molecule has 0 saturated carbocycles. The van der Waals surface area contributed by atoms with Crippen molar-refractivity contribution >= 4 is 21.7 Å². The van der Waals surface area contributed by atoms with Crippen molar-refractivity contribution in [2.24, 2.45) is 7.05 Å². The van der Waals surface area contributed by atoms with Gasteiger partial charge in [0, 0.05) is 19.8 Å². The molecule has 0 saturated heterocycles. The van der Waals surface area contributed by atoms with Crippen LogP contribution in [-0.4, -0.2) is 37.8 Å². The van der Waals surface area contributed by atoms with Crippen molar-refractivity contribution in [3.05, 3.63) is 42.0 Å². The lowest BCUT2D eigenvalue weighted by Gasteiger charge is -2.22. The van der Waals surface area contributed by atoms with E-state index >= 15 is 0 Å². The Hall–Kier alpha value is -2.42. The van der Waals surface area contributed by atoms with Crippen LogP contribution >= 0.6 is 0 Å². The molecule has 23 heavy (non-hydrogen) atoms. The maximum absolute atomic E-state index is 14.2. The highest BCUT2D eigenvalue weighted by Crippen LogP contribution is 2.28. The molecule has 0 aliphatic rings. The van der Waals surface area contributed by atoms with E-state index in [-0.39, 0.29) is 17.8 Å². The predicted octanol–water partition coefficient (Wildman–Crippen LogP) is 1.56. The summed E-state index contributed by atoms with van der Waals surface area (Å²) in [4.78, 5) is 11.1. The molecule has 9 heteroatoms. The van der Waals surface area contributed by atoms with E-state index in [1.54, 1.807) is 14.0 Å². The number of carbonyl (C=O) groups is 1. The van der Waals surface area contributed by atoms with Gasteiger partial charge in [-0.05, 0) is 19.1 Å². The van der Waals surface area contributed by atoms with Crippen LogP contribution in [0, 0.1) is 5.82 Å². The maximum atomic E-state index is 14.2. The standard InChI is InChI=1S/C14H16FN3O4S/c1-4-18(10-8-16-17(2)9-10)23(20,21)13-11(14(19)22-3)6-5-7-12(13)15/h5-9H,4H2,1-3H3. The van der Waals surface area contributed by atoms with E-state index in [9.17, 15) is 17.6 Å². The fraction of sp³-hybridized carbons (Fsp3) is 0.286. The highest BCUT2D eigenvalue weighted by Gasteiger charge is 2.32. The molecule has 1 aromatic heterocycles. The van der Waals surface area contributed by atoms with E-state index < -0.39 is 26.7 Å². The largest absolute Gasteiger partial charge is 0.465 e. The zero-order valence-corrected chi connectivity index (χ0v) is 13.7. The van der Waals surface area contributed by atoms with Gasteiger partial charge in [-0.1, -0.05) is 6.07 Å². The summed E-state index contributed by atoms with van der Waals surface area (Å²) in [6.07, 6.45) is 2.83. The van der Waals surface area contributed by atoms with Crippen LogP contribution in [0.4, 0.5) is 10.1 Å². The number of nitrogens with zero attached hydrogens (tertiary/aromatic N) is 3. The van der Waals surface area contributed by atoms with Crippen molar-refractivity contribution < 1.29 is 22.3 Å². The molecule has 0 unspecified atom stereocenters. The number of sulfonamides is 1. The molecule has 2 aromatic rings. The monoisotopic (exact) mass is 341 g/mol.